The van der Waals surface area contributed by atoms with Crippen molar-refractivity contribution >= 4 is 18.3 Å². The van der Waals surface area contributed by atoms with Gasteiger partial charge in [0.15, 0.2) is 18.1 Å². The van der Waals surface area contributed by atoms with Gasteiger partial charge in [0.1, 0.15) is 0 Å². The number of carbonyl (C=O) groups is 1. The Morgan fingerprint density at radius 1 is 1.07 bits per heavy atom. The van der Waals surface area contributed by atoms with E-state index in [9.17, 15) is 4.79 Å². The van der Waals surface area contributed by atoms with Crippen LogP contribution in [0.5, 0.6) is 11.5 Å². The summed E-state index contributed by atoms with van der Waals surface area (Å²) in [6.45, 7) is 9.86. The van der Waals surface area contributed by atoms with Crippen LogP contribution in [0.15, 0.2) is 18.2 Å². The number of hydrogen-bond donors (Lipinski definition) is 2. The van der Waals surface area contributed by atoms with Gasteiger partial charge in [0.25, 0.3) is 5.91 Å². The molecule has 0 saturated heterocycles. The van der Waals surface area contributed by atoms with Crippen LogP contribution in [-0.4, -0.2) is 31.7 Å². The maximum atomic E-state index is 11.9. The molecule has 156 valence electrons. The normalized spacial score (nSPS) is 10.9. The summed E-state index contributed by atoms with van der Waals surface area (Å²) in [7, 11) is 1.61. The maximum absolute atomic E-state index is 11.9. The van der Waals surface area contributed by atoms with Gasteiger partial charge in [-0.15, -0.1) is 12.4 Å². The Balaban J connectivity index is 0.00000676. The molecule has 0 radical (unpaired) electrons. The molecule has 0 aliphatic carbocycles. The van der Waals surface area contributed by atoms with Gasteiger partial charge in [-0.1, -0.05) is 38.7 Å². The number of nitrogens with one attached hydrogen (secondary N) is 2. The molecule has 1 amide bonds. The molecule has 0 bridgehead atoms. The summed E-state index contributed by atoms with van der Waals surface area (Å²) in [5.41, 5.74) is 0.873. The summed E-state index contributed by atoms with van der Waals surface area (Å²) in [6.07, 6.45) is 6.42. The molecule has 1 aromatic rings. The molecule has 5 nitrogen and oxygen atoms in total. The molecule has 0 aliphatic rings. The Hall–Kier alpha value is -1.46. The molecule has 0 fully saturated rings. The SMILES string of the molecule is CCCCCCCNCc1ccc(OCC(=O)NC(C)(C)C)c(OC)c1.Cl. The van der Waals surface area contributed by atoms with Crippen LogP contribution >= 0.6 is 12.4 Å². The van der Waals surface area contributed by atoms with Crippen molar-refractivity contribution in [1.29, 1.82) is 0 Å². The number of hydrogen-bond acceptors (Lipinski definition) is 4. The highest BCUT2D eigenvalue weighted by molar-refractivity contribution is 5.85. The molecule has 1 aromatic carbocycles. The number of amides is 1. The molecule has 0 unspecified atom stereocenters. The summed E-state index contributed by atoms with van der Waals surface area (Å²) < 4.78 is 11.0. The van der Waals surface area contributed by atoms with Crippen LogP contribution in [0.2, 0.25) is 0 Å². The van der Waals surface area contributed by atoms with E-state index in [0.29, 0.717) is 11.5 Å². The lowest BCUT2D eigenvalue weighted by atomic mass is 10.1. The maximum Gasteiger partial charge on any atom is 0.258 e. The Kier molecular flexibility index (Phi) is 12.9. The van der Waals surface area contributed by atoms with Crippen molar-refractivity contribution < 1.29 is 14.3 Å². The van der Waals surface area contributed by atoms with Crippen molar-refractivity contribution in [3.05, 3.63) is 23.8 Å². The van der Waals surface area contributed by atoms with E-state index in [1.807, 2.05) is 39.0 Å². The minimum absolute atomic E-state index is 0. The zero-order valence-electron chi connectivity index (χ0n) is 17.5. The summed E-state index contributed by atoms with van der Waals surface area (Å²) in [5.74, 6) is 1.09. The number of halogens is 1. The number of carbonyl (C=O) groups excluding carboxylic acids is 1. The number of methoxy groups -OCH3 is 1. The average molecular weight is 401 g/mol. The number of unbranched alkanes of at least 4 members (excludes halogenated alkanes) is 4. The predicted octanol–water partition coefficient (Wildman–Crippen LogP) is 4.47. The molecule has 0 aromatic heterocycles. The van der Waals surface area contributed by atoms with Crippen molar-refractivity contribution in [2.24, 2.45) is 0 Å². The van der Waals surface area contributed by atoms with Gasteiger partial charge in [-0.25, -0.2) is 0 Å². The van der Waals surface area contributed by atoms with Crippen LogP contribution in [0.1, 0.15) is 65.4 Å². The van der Waals surface area contributed by atoms with Gasteiger partial charge in [0.05, 0.1) is 7.11 Å². The van der Waals surface area contributed by atoms with Crippen molar-refractivity contribution in [2.45, 2.75) is 71.9 Å². The molecule has 0 saturated carbocycles. The van der Waals surface area contributed by atoms with E-state index in [-0.39, 0.29) is 30.5 Å². The fourth-order valence-corrected chi connectivity index (χ4v) is 2.63. The van der Waals surface area contributed by atoms with E-state index in [0.717, 1.165) is 18.7 Å². The van der Waals surface area contributed by atoms with E-state index in [2.05, 4.69) is 17.6 Å². The molecular formula is C21H37ClN2O3. The van der Waals surface area contributed by atoms with Gasteiger partial charge in [0, 0.05) is 12.1 Å². The Morgan fingerprint density at radius 2 is 1.78 bits per heavy atom. The Labute approximate surface area is 171 Å². The van der Waals surface area contributed by atoms with Gasteiger partial charge in [-0.3, -0.25) is 4.79 Å². The first-order valence-electron chi connectivity index (χ1n) is 9.67. The van der Waals surface area contributed by atoms with Crippen molar-refractivity contribution in [3.8, 4) is 11.5 Å². The van der Waals surface area contributed by atoms with Crippen molar-refractivity contribution in [1.82, 2.24) is 10.6 Å². The minimum atomic E-state index is -0.267. The zero-order valence-corrected chi connectivity index (χ0v) is 18.3. The Bertz CT molecular complexity index is 545. The smallest absolute Gasteiger partial charge is 0.258 e. The average Bonchev–Trinajstić information content (AvgIpc) is 2.58. The number of benzene rings is 1. The highest BCUT2D eigenvalue weighted by Gasteiger charge is 2.15. The first kappa shape index (κ1) is 25.5. The lowest BCUT2D eigenvalue weighted by molar-refractivity contribution is -0.124. The second-order valence-corrected chi connectivity index (χ2v) is 7.66. The molecule has 0 spiro atoms. The number of ether oxygens (including phenoxy) is 2. The third-order valence-electron chi connectivity index (χ3n) is 3.89. The third kappa shape index (κ3) is 11.8. The topological polar surface area (TPSA) is 59.6 Å². The van der Waals surface area contributed by atoms with Crippen LogP contribution in [0.25, 0.3) is 0 Å². The lowest BCUT2D eigenvalue weighted by Gasteiger charge is -2.20. The van der Waals surface area contributed by atoms with Crippen LogP contribution in [0, 0.1) is 0 Å². The summed E-state index contributed by atoms with van der Waals surface area (Å²) >= 11 is 0. The highest BCUT2D eigenvalue weighted by atomic mass is 35.5. The van der Waals surface area contributed by atoms with Crippen LogP contribution in [0.4, 0.5) is 0 Å². The largest absolute Gasteiger partial charge is 0.493 e. The molecule has 2 N–H and O–H groups in total. The monoisotopic (exact) mass is 400 g/mol. The zero-order chi connectivity index (χ0) is 19.4. The molecule has 1 rings (SSSR count). The summed E-state index contributed by atoms with van der Waals surface area (Å²) in [5, 5.41) is 6.34. The van der Waals surface area contributed by atoms with Crippen LogP contribution < -0.4 is 20.1 Å². The second-order valence-electron chi connectivity index (χ2n) is 7.66. The standard InChI is InChI=1S/C21H36N2O3.ClH/c1-6-7-8-9-10-13-22-15-17-11-12-18(19(14-17)25-5)26-16-20(24)23-21(2,3)4;/h11-12,14,22H,6-10,13,15-16H2,1-5H3,(H,23,24);1H. The highest BCUT2D eigenvalue weighted by Crippen LogP contribution is 2.28. The lowest BCUT2D eigenvalue weighted by Crippen LogP contribution is -2.43. The molecule has 0 aliphatic heterocycles. The predicted molar refractivity (Wildman–Crippen MR) is 114 cm³/mol. The van der Waals surface area contributed by atoms with E-state index in [4.69, 9.17) is 9.47 Å². The number of rotatable bonds is 12. The van der Waals surface area contributed by atoms with Crippen molar-refractivity contribution in [2.75, 3.05) is 20.3 Å². The molecule has 0 heterocycles. The first-order chi connectivity index (χ1) is 12.4. The van der Waals surface area contributed by atoms with Crippen LogP contribution in [0.3, 0.4) is 0 Å². The van der Waals surface area contributed by atoms with E-state index in [1.54, 1.807) is 7.11 Å². The molecule has 0 atom stereocenters. The molecule has 27 heavy (non-hydrogen) atoms. The minimum Gasteiger partial charge on any atom is -0.493 e. The van der Waals surface area contributed by atoms with Gasteiger partial charge in [-0.2, -0.15) is 0 Å². The molecule has 6 heteroatoms. The van der Waals surface area contributed by atoms with E-state index >= 15 is 0 Å². The fraction of sp³-hybridized carbons (Fsp3) is 0.667. The molecular weight excluding hydrogens is 364 g/mol. The van der Waals surface area contributed by atoms with Gasteiger partial charge < -0.3 is 20.1 Å². The van der Waals surface area contributed by atoms with E-state index < -0.39 is 0 Å². The van der Waals surface area contributed by atoms with Gasteiger partial charge in [0.2, 0.25) is 0 Å². The van der Waals surface area contributed by atoms with Gasteiger partial charge >= 0.3 is 0 Å². The van der Waals surface area contributed by atoms with Gasteiger partial charge in [-0.05, 0) is 51.4 Å². The third-order valence-corrected chi connectivity index (χ3v) is 3.89. The summed E-state index contributed by atoms with van der Waals surface area (Å²) in [6, 6.07) is 5.83. The Morgan fingerprint density at radius 3 is 2.41 bits per heavy atom. The summed E-state index contributed by atoms with van der Waals surface area (Å²) in [4.78, 5) is 11.9. The quantitative estimate of drug-likeness (QED) is 0.508. The van der Waals surface area contributed by atoms with Crippen LogP contribution in [-0.2, 0) is 11.3 Å². The fourth-order valence-electron chi connectivity index (χ4n) is 2.63. The first-order valence-corrected chi connectivity index (χ1v) is 9.67. The van der Waals surface area contributed by atoms with E-state index in [1.165, 1.54) is 32.1 Å². The second kappa shape index (κ2) is 13.7. The van der Waals surface area contributed by atoms with Crippen molar-refractivity contribution in [3.63, 3.8) is 0 Å².